The summed E-state index contributed by atoms with van der Waals surface area (Å²) in [5.41, 5.74) is 2.08. The summed E-state index contributed by atoms with van der Waals surface area (Å²) in [5, 5.41) is 6.89. The van der Waals surface area contributed by atoms with Crippen molar-refractivity contribution in [3.8, 4) is 11.5 Å². The van der Waals surface area contributed by atoms with Gasteiger partial charge in [0.05, 0.1) is 25.0 Å². The van der Waals surface area contributed by atoms with E-state index in [4.69, 9.17) is 14.3 Å². The van der Waals surface area contributed by atoms with Gasteiger partial charge in [0.25, 0.3) is 5.91 Å². The van der Waals surface area contributed by atoms with Gasteiger partial charge < -0.3 is 19.6 Å². The highest BCUT2D eigenvalue weighted by molar-refractivity contribution is 6.04. The summed E-state index contributed by atoms with van der Waals surface area (Å²) >= 11 is 0. The molecule has 6 nitrogen and oxygen atoms in total. The summed E-state index contributed by atoms with van der Waals surface area (Å²) in [7, 11) is 0. The van der Waals surface area contributed by atoms with Crippen molar-refractivity contribution in [2.24, 2.45) is 5.16 Å². The molecule has 1 N–H and O–H groups in total. The van der Waals surface area contributed by atoms with E-state index in [9.17, 15) is 9.18 Å². The first kappa shape index (κ1) is 18.3. The van der Waals surface area contributed by atoms with Gasteiger partial charge in [-0.2, -0.15) is 0 Å². The molecule has 2 aliphatic heterocycles. The third-order valence-corrected chi connectivity index (χ3v) is 4.75. The van der Waals surface area contributed by atoms with Crippen molar-refractivity contribution >= 4 is 11.6 Å². The lowest BCUT2D eigenvalue weighted by atomic mass is 10.0. The first-order valence-corrected chi connectivity index (χ1v) is 9.29. The molecular weight excluding hydrogens is 363 g/mol. The summed E-state index contributed by atoms with van der Waals surface area (Å²) < 4.78 is 24.7. The number of rotatable bonds is 4. The Morgan fingerprint density at radius 1 is 1.18 bits per heavy atom. The van der Waals surface area contributed by atoms with Crippen molar-refractivity contribution in [1.29, 1.82) is 0 Å². The molecule has 2 heterocycles. The molecule has 4 rings (SSSR count). The molecule has 1 amide bonds. The largest absolute Gasteiger partial charge is 0.490 e. The number of ether oxygens (including phenoxy) is 2. The fourth-order valence-electron chi connectivity index (χ4n) is 3.20. The van der Waals surface area contributed by atoms with Gasteiger partial charge in [-0.1, -0.05) is 23.4 Å². The monoisotopic (exact) mass is 384 g/mol. The number of hydrogen-bond acceptors (Lipinski definition) is 5. The Kier molecular flexibility index (Phi) is 5.14. The number of carbonyl (C=O) groups excluding carboxylic acids is 1. The second-order valence-electron chi connectivity index (χ2n) is 6.83. The molecule has 0 aliphatic carbocycles. The Bertz CT molecular complexity index is 915. The van der Waals surface area contributed by atoms with Gasteiger partial charge in [0, 0.05) is 18.4 Å². The zero-order valence-electron chi connectivity index (χ0n) is 15.5. The highest BCUT2D eigenvalue weighted by atomic mass is 19.1. The van der Waals surface area contributed by atoms with Crippen LogP contribution >= 0.6 is 0 Å². The number of nitrogens with one attached hydrogen (secondary N) is 1. The lowest BCUT2D eigenvalue weighted by Crippen LogP contribution is -2.36. The van der Waals surface area contributed by atoms with Crippen LogP contribution in [0.5, 0.6) is 11.5 Å². The molecule has 0 bridgehead atoms. The molecule has 7 heteroatoms. The van der Waals surface area contributed by atoms with E-state index in [0.29, 0.717) is 42.4 Å². The van der Waals surface area contributed by atoms with Gasteiger partial charge in [-0.05, 0) is 36.8 Å². The summed E-state index contributed by atoms with van der Waals surface area (Å²) in [4.78, 5) is 17.9. The van der Waals surface area contributed by atoms with Crippen LogP contribution in [0.15, 0.2) is 47.6 Å². The molecule has 0 saturated carbocycles. The Balaban J connectivity index is 1.38. The third kappa shape index (κ3) is 3.93. The van der Waals surface area contributed by atoms with Gasteiger partial charge in [-0.15, -0.1) is 0 Å². The van der Waals surface area contributed by atoms with Crippen LogP contribution in [-0.2, 0) is 9.63 Å². The van der Waals surface area contributed by atoms with Crippen molar-refractivity contribution in [2.75, 3.05) is 13.2 Å². The third-order valence-electron chi connectivity index (χ3n) is 4.75. The van der Waals surface area contributed by atoms with Crippen LogP contribution < -0.4 is 14.8 Å². The SMILES string of the molecule is C[C@@H](NC(=O)[C@H]1CC(c2cccc(F)c2)=NO1)c1ccc2c(c1)OCCCO2. The topological polar surface area (TPSA) is 69.2 Å². The molecule has 2 aromatic carbocycles. The summed E-state index contributed by atoms with van der Waals surface area (Å²) in [6.07, 6.45) is 0.396. The van der Waals surface area contributed by atoms with Crippen molar-refractivity contribution in [2.45, 2.75) is 31.9 Å². The summed E-state index contributed by atoms with van der Waals surface area (Å²) in [6.45, 7) is 3.12. The first-order chi connectivity index (χ1) is 13.6. The van der Waals surface area contributed by atoms with E-state index in [-0.39, 0.29) is 17.8 Å². The predicted octanol–water partition coefficient (Wildman–Crippen LogP) is 3.36. The van der Waals surface area contributed by atoms with Crippen molar-refractivity contribution in [1.82, 2.24) is 5.32 Å². The maximum absolute atomic E-state index is 13.4. The van der Waals surface area contributed by atoms with Crippen LogP contribution in [0.25, 0.3) is 0 Å². The van der Waals surface area contributed by atoms with E-state index in [2.05, 4.69) is 10.5 Å². The Morgan fingerprint density at radius 2 is 2.00 bits per heavy atom. The highest BCUT2D eigenvalue weighted by Gasteiger charge is 2.30. The van der Waals surface area contributed by atoms with Gasteiger partial charge in [0.2, 0.25) is 6.10 Å². The van der Waals surface area contributed by atoms with E-state index >= 15 is 0 Å². The van der Waals surface area contributed by atoms with Crippen LogP contribution in [0, 0.1) is 5.82 Å². The van der Waals surface area contributed by atoms with Gasteiger partial charge in [0.15, 0.2) is 11.5 Å². The molecule has 2 aliphatic rings. The number of amides is 1. The molecular formula is C21H21FN2O4. The minimum Gasteiger partial charge on any atom is -0.490 e. The number of halogens is 1. The van der Waals surface area contributed by atoms with Crippen LogP contribution in [0.1, 0.15) is 36.9 Å². The van der Waals surface area contributed by atoms with Gasteiger partial charge in [0.1, 0.15) is 5.82 Å². The van der Waals surface area contributed by atoms with Crippen LogP contribution in [0.2, 0.25) is 0 Å². The minimum absolute atomic E-state index is 0.244. The fourth-order valence-corrected chi connectivity index (χ4v) is 3.20. The average Bonchev–Trinajstić information content (AvgIpc) is 3.07. The molecule has 0 saturated heterocycles. The molecule has 2 aromatic rings. The fraction of sp³-hybridized carbons (Fsp3) is 0.333. The molecule has 0 fully saturated rings. The van der Waals surface area contributed by atoms with Crippen LogP contribution in [0.3, 0.4) is 0 Å². The second kappa shape index (κ2) is 7.88. The predicted molar refractivity (Wildman–Crippen MR) is 101 cm³/mol. The van der Waals surface area contributed by atoms with Crippen molar-refractivity contribution in [3.63, 3.8) is 0 Å². The van der Waals surface area contributed by atoms with Crippen molar-refractivity contribution < 1.29 is 23.5 Å². The second-order valence-corrected chi connectivity index (χ2v) is 6.83. The molecule has 0 spiro atoms. The summed E-state index contributed by atoms with van der Waals surface area (Å²) in [6, 6.07) is 11.5. The Labute approximate surface area is 162 Å². The zero-order chi connectivity index (χ0) is 19.5. The zero-order valence-corrected chi connectivity index (χ0v) is 15.5. The summed E-state index contributed by atoms with van der Waals surface area (Å²) in [5.74, 6) is 0.780. The van der Waals surface area contributed by atoms with E-state index in [0.717, 1.165) is 12.0 Å². The number of hydrogen-bond donors (Lipinski definition) is 1. The highest BCUT2D eigenvalue weighted by Crippen LogP contribution is 2.32. The molecule has 0 unspecified atom stereocenters. The van der Waals surface area contributed by atoms with Crippen LogP contribution in [-0.4, -0.2) is 30.9 Å². The minimum atomic E-state index is -0.735. The number of carbonyl (C=O) groups is 1. The average molecular weight is 384 g/mol. The van der Waals surface area contributed by atoms with E-state index < -0.39 is 6.10 Å². The molecule has 0 radical (unpaired) electrons. The Morgan fingerprint density at radius 3 is 2.82 bits per heavy atom. The smallest absolute Gasteiger partial charge is 0.264 e. The van der Waals surface area contributed by atoms with Crippen LogP contribution in [0.4, 0.5) is 4.39 Å². The molecule has 0 aromatic heterocycles. The number of nitrogens with zero attached hydrogens (tertiary/aromatic N) is 1. The standard InChI is InChI=1S/C21H21FN2O4/c1-13(14-6-7-18-19(11-14)27-9-3-8-26-18)23-21(25)20-12-17(24-28-20)15-4-2-5-16(22)10-15/h2,4-7,10-11,13,20H,3,8-9,12H2,1H3,(H,23,25)/t13-,20-/m1/s1. The molecule has 146 valence electrons. The lowest BCUT2D eigenvalue weighted by Gasteiger charge is -2.18. The van der Waals surface area contributed by atoms with E-state index in [1.807, 2.05) is 25.1 Å². The Hall–Kier alpha value is -3.09. The number of fused-ring (bicyclic) bond motifs is 1. The van der Waals surface area contributed by atoms with Gasteiger partial charge in [-0.3, -0.25) is 4.79 Å². The quantitative estimate of drug-likeness (QED) is 0.878. The molecule has 2 atom stereocenters. The van der Waals surface area contributed by atoms with E-state index in [1.165, 1.54) is 12.1 Å². The maximum atomic E-state index is 13.4. The maximum Gasteiger partial charge on any atom is 0.264 e. The first-order valence-electron chi connectivity index (χ1n) is 9.29. The number of benzene rings is 2. The van der Waals surface area contributed by atoms with Gasteiger partial charge >= 0.3 is 0 Å². The van der Waals surface area contributed by atoms with Gasteiger partial charge in [-0.25, -0.2) is 4.39 Å². The van der Waals surface area contributed by atoms with E-state index in [1.54, 1.807) is 12.1 Å². The van der Waals surface area contributed by atoms with Crippen molar-refractivity contribution in [3.05, 3.63) is 59.4 Å². The lowest BCUT2D eigenvalue weighted by molar-refractivity contribution is -0.131. The molecule has 28 heavy (non-hydrogen) atoms. The number of oxime groups is 1. The normalized spacial score (nSPS) is 19.2.